The van der Waals surface area contributed by atoms with Gasteiger partial charge >= 0.3 is 6.09 Å². The Bertz CT molecular complexity index is 374. The summed E-state index contributed by atoms with van der Waals surface area (Å²) >= 11 is 0. The van der Waals surface area contributed by atoms with Crippen molar-refractivity contribution in [2.24, 2.45) is 0 Å². The molecule has 1 aliphatic rings. The summed E-state index contributed by atoms with van der Waals surface area (Å²) in [6, 6.07) is 1.85. The number of carbonyl (C=O) groups is 2. The van der Waals surface area contributed by atoms with Crippen molar-refractivity contribution in [2.45, 2.75) is 32.8 Å². The maximum atomic E-state index is 11.8. The molecule has 0 spiro atoms. The Labute approximate surface area is 113 Å². The standard InChI is InChI=1S/C13H21N3O3/c1-13(2,3)19-12(18)16-8-6-15(7-9-16)10-11(17)4-5-14/h4,6-10H2,1-3H3. The molecule has 106 valence electrons. The normalized spacial score (nSPS) is 16.8. The van der Waals surface area contributed by atoms with Crippen LogP contribution in [0.3, 0.4) is 0 Å². The van der Waals surface area contributed by atoms with E-state index in [0.29, 0.717) is 26.2 Å². The van der Waals surface area contributed by atoms with Crippen LogP contribution in [0.15, 0.2) is 0 Å². The van der Waals surface area contributed by atoms with E-state index in [1.54, 1.807) is 4.90 Å². The van der Waals surface area contributed by atoms with Crippen molar-refractivity contribution in [3.05, 3.63) is 0 Å². The second kappa shape index (κ2) is 6.53. The van der Waals surface area contributed by atoms with E-state index in [2.05, 4.69) is 0 Å². The minimum Gasteiger partial charge on any atom is -0.444 e. The number of nitrogens with zero attached hydrogens (tertiary/aromatic N) is 3. The predicted molar refractivity (Wildman–Crippen MR) is 69.5 cm³/mol. The van der Waals surface area contributed by atoms with Gasteiger partial charge in [0.25, 0.3) is 0 Å². The van der Waals surface area contributed by atoms with Crippen molar-refractivity contribution >= 4 is 11.9 Å². The molecular formula is C13H21N3O3. The van der Waals surface area contributed by atoms with Crippen LogP contribution in [-0.4, -0.2) is 60.0 Å². The largest absolute Gasteiger partial charge is 0.444 e. The second-order valence-corrected chi connectivity index (χ2v) is 5.62. The van der Waals surface area contributed by atoms with Crippen LogP contribution in [-0.2, 0) is 9.53 Å². The zero-order chi connectivity index (χ0) is 14.5. The number of piperazine rings is 1. The molecule has 19 heavy (non-hydrogen) atoms. The summed E-state index contributed by atoms with van der Waals surface area (Å²) in [6.45, 7) is 8.16. The molecule has 0 aliphatic carbocycles. The molecule has 0 atom stereocenters. The van der Waals surface area contributed by atoms with Crippen molar-refractivity contribution in [1.29, 1.82) is 5.26 Å². The zero-order valence-electron chi connectivity index (χ0n) is 11.8. The number of amides is 1. The highest BCUT2D eigenvalue weighted by molar-refractivity contribution is 5.82. The Hall–Kier alpha value is -1.61. The monoisotopic (exact) mass is 267 g/mol. The van der Waals surface area contributed by atoms with Crippen LogP contribution in [0.1, 0.15) is 27.2 Å². The van der Waals surface area contributed by atoms with E-state index in [0.717, 1.165) is 0 Å². The Balaban J connectivity index is 2.35. The van der Waals surface area contributed by atoms with E-state index in [4.69, 9.17) is 10.00 Å². The molecule has 6 nitrogen and oxygen atoms in total. The molecule has 0 saturated carbocycles. The zero-order valence-corrected chi connectivity index (χ0v) is 11.8. The molecule has 1 aliphatic heterocycles. The van der Waals surface area contributed by atoms with Crippen LogP contribution < -0.4 is 0 Å². The number of Topliss-reactive ketones (excluding diaryl/α,β-unsaturated/α-hetero) is 1. The number of ketones is 1. The van der Waals surface area contributed by atoms with Gasteiger partial charge in [0.2, 0.25) is 0 Å². The third-order valence-corrected chi connectivity index (χ3v) is 2.70. The molecule has 0 unspecified atom stereocenters. The predicted octanol–water partition coefficient (Wildman–Crippen LogP) is 1.02. The van der Waals surface area contributed by atoms with Crippen molar-refractivity contribution in [1.82, 2.24) is 9.80 Å². The lowest BCUT2D eigenvalue weighted by molar-refractivity contribution is -0.119. The fourth-order valence-electron chi connectivity index (χ4n) is 1.81. The summed E-state index contributed by atoms with van der Waals surface area (Å²) in [7, 11) is 0. The summed E-state index contributed by atoms with van der Waals surface area (Å²) in [6.07, 6.45) is -0.359. The van der Waals surface area contributed by atoms with Crippen molar-refractivity contribution in [2.75, 3.05) is 32.7 Å². The Kier molecular flexibility index (Phi) is 5.31. The number of carbonyl (C=O) groups excluding carboxylic acids is 2. The van der Waals surface area contributed by atoms with Crippen molar-refractivity contribution in [3.8, 4) is 6.07 Å². The summed E-state index contributed by atoms with van der Waals surface area (Å²) < 4.78 is 5.29. The first kappa shape index (κ1) is 15.4. The molecule has 0 aromatic rings. The first-order valence-electron chi connectivity index (χ1n) is 6.41. The van der Waals surface area contributed by atoms with Crippen LogP contribution in [0.2, 0.25) is 0 Å². The Morgan fingerprint density at radius 1 is 1.21 bits per heavy atom. The van der Waals surface area contributed by atoms with Gasteiger partial charge in [-0.25, -0.2) is 4.79 Å². The lowest BCUT2D eigenvalue weighted by atomic mass is 10.2. The molecule has 0 aromatic carbocycles. The first-order chi connectivity index (χ1) is 8.81. The van der Waals surface area contributed by atoms with Gasteiger partial charge in [-0.3, -0.25) is 9.69 Å². The third kappa shape index (κ3) is 5.71. The van der Waals surface area contributed by atoms with Gasteiger partial charge < -0.3 is 9.64 Å². The average molecular weight is 267 g/mol. The van der Waals surface area contributed by atoms with Gasteiger partial charge in [0.1, 0.15) is 5.60 Å². The van der Waals surface area contributed by atoms with E-state index >= 15 is 0 Å². The minimum absolute atomic E-state index is 0.0493. The van der Waals surface area contributed by atoms with Gasteiger partial charge in [-0.1, -0.05) is 0 Å². The van der Waals surface area contributed by atoms with Gasteiger partial charge in [-0.2, -0.15) is 5.26 Å². The van der Waals surface area contributed by atoms with Crippen molar-refractivity contribution < 1.29 is 14.3 Å². The van der Waals surface area contributed by atoms with E-state index < -0.39 is 5.60 Å². The highest BCUT2D eigenvalue weighted by Crippen LogP contribution is 2.11. The first-order valence-corrected chi connectivity index (χ1v) is 6.41. The molecule has 1 amide bonds. The second-order valence-electron chi connectivity index (χ2n) is 5.62. The summed E-state index contributed by atoms with van der Waals surface area (Å²) in [5, 5.41) is 8.43. The smallest absolute Gasteiger partial charge is 0.410 e. The maximum absolute atomic E-state index is 11.8. The SMILES string of the molecule is CC(C)(C)OC(=O)N1CCN(CC(=O)CC#N)CC1. The molecule has 0 bridgehead atoms. The Morgan fingerprint density at radius 2 is 1.79 bits per heavy atom. The van der Waals surface area contributed by atoms with Crippen LogP contribution >= 0.6 is 0 Å². The highest BCUT2D eigenvalue weighted by Gasteiger charge is 2.26. The van der Waals surface area contributed by atoms with Crippen molar-refractivity contribution in [3.63, 3.8) is 0 Å². The summed E-state index contributed by atoms with van der Waals surface area (Å²) in [5.41, 5.74) is -0.489. The number of ether oxygens (including phenoxy) is 1. The fraction of sp³-hybridized carbons (Fsp3) is 0.769. The molecule has 0 radical (unpaired) electrons. The van der Waals surface area contributed by atoms with Crippen LogP contribution in [0.5, 0.6) is 0 Å². The molecule has 0 N–H and O–H groups in total. The average Bonchev–Trinajstić information content (AvgIpc) is 2.27. The number of nitriles is 1. The van der Waals surface area contributed by atoms with Crippen LogP contribution in [0.4, 0.5) is 4.79 Å². The number of rotatable bonds is 3. The van der Waals surface area contributed by atoms with Crippen LogP contribution in [0, 0.1) is 11.3 Å². The molecule has 6 heteroatoms. The fourth-order valence-corrected chi connectivity index (χ4v) is 1.81. The third-order valence-electron chi connectivity index (χ3n) is 2.70. The minimum atomic E-state index is -0.489. The molecule has 1 saturated heterocycles. The lowest BCUT2D eigenvalue weighted by Gasteiger charge is -2.35. The molecular weight excluding hydrogens is 246 g/mol. The van der Waals surface area contributed by atoms with Gasteiger partial charge in [0.15, 0.2) is 5.78 Å². The van der Waals surface area contributed by atoms with E-state index in [1.807, 2.05) is 31.7 Å². The Morgan fingerprint density at radius 3 is 2.26 bits per heavy atom. The van der Waals surface area contributed by atoms with Gasteiger partial charge in [0.05, 0.1) is 19.0 Å². The van der Waals surface area contributed by atoms with Gasteiger partial charge in [-0.15, -0.1) is 0 Å². The molecule has 1 heterocycles. The van der Waals surface area contributed by atoms with E-state index in [-0.39, 0.29) is 24.8 Å². The van der Waals surface area contributed by atoms with Gasteiger partial charge in [0, 0.05) is 26.2 Å². The highest BCUT2D eigenvalue weighted by atomic mass is 16.6. The molecule has 1 fully saturated rings. The summed E-state index contributed by atoms with van der Waals surface area (Å²) in [5.74, 6) is -0.0757. The van der Waals surface area contributed by atoms with E-state index in [1.165, 1.54) is 0 Å². The van der Waals surface area contributed by atoms with Crippen LogP contribution in [0.25, 0.3) is 0 Å². The quantitative estimate of drug-likeness (QED) is 0.763. The molecule has 1 rings (SSSR count). The number of hydrogen-bond donors (Lipinski definition) is 0. The molecule has 0 aromatic heterocycles. The van der Waals surface area contributed by atoms with E-state index in [9.17, 15) is 9.59 Å². The maximum Gasteiger partial charge on any atom is 0.410 e. The summed E-state index contributed by atoms with van der Waals surface area (Å²) in [4.78, 5) is 26.8. The lowest BCUT2D eigenvalue weighted by Crippen LogP contribution is -2.51. The number of hydrogen-bond acceptors (Lipinski definition) is 5. The van der Waals surface area contributed by atoms with Gasteiger partial charge in [-0.05, 0) is 20.8 Å². The topological polar surface area (TPSA) is 73.6 Å².